The number of hydrogen-bond donors (Lipinski definition) is 2. The summed E-state index contributed by atoms with van der Waals surface area (Å²) in [5, 5.41) is 11.7. The first kappa shape index (κ1) is 14.4. The number of aliphatic hydroxyl groups is 1. The number of carbonyl (C=O) groups is 1. The van der Waals surface area contributed by atoms with Gasteiger partial charge in [-0.05, 0) is 27.2 Å². The van der Waals surface area contributed by atoms with Gasteiger partial charge in [0.15, 0.2) is 0 Å². The van der Waals surface area contributed by atoms with Crippen LogP contribution in [0.3, 0.4) is 0 Å². The Hall–Kier alpha value is -0.650. The number of rotatable bonds is 5. The smallest absolute Gasteiger partial charge is 0.248 e. The van der Waals surface area contributed by atoms with Crippen LogP contribution >= 0.6 is 0 Å². The Morgan fingerprint density at radius 3 is 2.59 bits per heavy atom. The number of aliphatic hydroxyl groups excluding tert-OH is 1. The van der Waals surface area contributed by atoms with E-state index < -0.39 is 6.10 Å². The monoisotopic (exact) mass is 244 g/mol. The summed E-state index contributed by atoms with van der Waals surface area (Å²) in [7, 11) is 0. The number of morpholine rings is 1. The highest BCUT2D eigenvalue weighted by atomic mass is 16.5. The molecule has 17 heavy (non-hydrogen) atoms. The number of nitrogens with one attached hydrogen (secondary N) is 1. The van der Waals surface area contributed by atoms with Crippen molar-refractivity contribution in [3.8, 4) is 0 Å². The van der Waals surface area contributed by atoms with Crippen LogP contribution in [0.4, 0.5) is 0 Å². The molecule has 0 aliphatic carbocycles. The highest BCUT2D eigenvalue weighted by Gasteiger charge is 2.21. The normalized spacial score (nSPS) is 27.8. The molecule has 0 bridgehead atoms. The lowest BCUT2D eigenvalue weighted by atomic mass is 10.2. The SMILES string of the molecule is CC1CN(CCCNC(=O)C(C)O)CC(C)O1. The Morgan fingerprint density at radius 1 is 1.47 bits per heavy atom. The second-order valence-corrected chi connectivity index (χ2v) is 4.84. The molecule has 3 atom stereocenters. The highest BCUT2D eigenvalue weighted by Crippen LogP contribution is 2.10. The molecule has 5 nitrogen and oxygen atoms in total. The Morgan fingerprint density at radius 2 is 2.06 bits per heavy atom. The van der Waals surface area contributed by atoms with Crippen molar-refractivity contribution in [3.05, 3.63) is 0 Å². The van der Waals surface area contributed by atoms with Crippen molar-refractivity contribution in [1.82, 2.24) is 10.2 Å². The lowest BCUT2D eigenvalue weighted by Crippen LogP contribution is -2.46. The molecule has 1 aliphatic rings. The van der Waals surface area contributed by atoms with Crippen molar-refractivity contribution >= 4 is 5.91 Å². The van der Waals surface area contributed by atoms with E-state index in [1.165, 1.54) is 6.92 Å². The molecule has 0 spiro atoms. The number of hydrogen-bond acceptors (Lipinski definition) is 4. The first-order valence-corrected chi connectivity index (χ1v) is 6.32. The quantitative estimate of drug-likeness (QED) is 0.667. The van der Waals surface area contributed by atoms with Gasteiger partial charge in [-0.15, -0.1) is 0 Å². The number of amides is 1. The maximum atomic E-state index is 11.1. The van der Waals surface area contributed by atoms with Gasteiger partial charge in [0.1, 0.15) is 6.10 Å². The third kappa shape index (κ3) is 5.48. The molecule has 5 heteroatoms. The first-order chi connectivity index (χ1) is 7.99. The zero-order valence-electron chi connectivity index (χ0n) is 11.0. The third-order valence-electron chi connectivity index (χ3n) is 2.83. The Kier molecular flexibility index (Phi) is 5.88. The van der Waals surface area contributed by atoms with E-state index in [1.807, 2.05) is 0 Å². The van der Waals surface area contributed by atoms with Crippen molar-refractivity contribution in [1.29, 1.82) is 0 Å². The molecule has 0 radical (unpaired) electrons. The molecule has 100 valence electrons. The summed E-state index contributed by atoms with van der Waals surface area (Å²) >= 11 is 0. The third-order valence-corrected chi connectivity index (χ3v) is 2.83. The van der Waals surface area contributed by atoms with Crippen LogP contribution in [-0.2, 0) is 9.53 Å². The molecule has 0 aromatic carbocycles. The van der Waals surface area contributed by atoms with Crippen molar-refractivity contribution in [2.24, 2.45) is 0 Å². The summed E-state index contributed by atoms with van der Waals surface area (Å²) in [5.41, 5.74) is 0. The predicted molar refractivity (Wildman–Crippen MR) is 65.8 cm³/mol. The lowest BCUT2D eigenvalue weighted by molar-refractivity contribution is -0.128. The van der Waals surface area contributed by atoms with Crippen molar-refractivity contribution in [2.45, 2.75) is 45.5 Å². The van der Waals surface area contributed by atoms with Gasteiger partial charge in [0.25, 0.3) is 0 Å². The fraction of sp³-hybridized carbons (Fsp3) is 0.917. The van der Waals surface area contributed by atoms with Gasteiger partial charge >= 0.3 is 0 Å². The highest BCUT2D eigenvalue weighted by molar-refractivity contribution is 5.79. The molecule has 1 saturated heterocycles. The Bertz CT molecular complexity index is 236. The maximum Gasteiger partial charge on any atom is 0.248 e. The Balaban J connectivity index is 2.12. The molecule has 1 aliphatic heterocycles. The van der Waals surface area contributed by atoms with Crippen molar-refractivity contribution < 1.29 is 14.6 Å². The second kappa shape index (κ2) is 6.93. The molecule has 2 N–H and O–H groups in total. The molecular formula is C12H24N2O3. The van der Waals surface area contributed by atoms with E-state index in [0.717, 1.165) is 26.1 Å². The van der Waals surface area contributed by atoms with E-state index in [-0.39, 0.29) is 18.1 Å². The molecule has 0 aromatic heterocycles. The predicted octanol–water partition coefficient (Wildman–Crippen LogP) is -0.0173. The fourth-order valence-corrected chi connectivity index (χ4v) is 2.13. The second-order valence-electron chi connectivity index (χ2n) is 4.84. The minimum absolute atomic E-state index is 0.283. The van der Waals surface area contributed by atoms with Crippen molar-refractivity contribution in [3.63, 3.8) is 0 Å². The molecule has 1 amide bonds. The van der Waals surface area contributed by atoms with Crippen LogP contribution in [0.5, 0.6) is 0 Å². The van der Waals surface area contributed by atoms with Crippen LogP contribution in [0, 0.1) is 0 Å². The van der Waals surface area contributed by atoms with E-state index in [0.29, 0.717) is 6.54 Å². The van der Waals surface area contributed by atoms with E-state index in [2.05, 4.69) is 24.1 Å². The standard InChI is InChI=1S/C12H24N2O3/c1-9-7-14(8-10(2)17-9)6-4-5-13-12(16)11(3)15/h9-11,15H,4-8H2,1-3H3,(H,13,16). The topological polar surface area (TPSA) is 61.8 Å². The van der Waals surface area contributed by atoms with Crippen LogP contribution in [0.25, 0.3) is 0 Å². The summed E-state index contributed by atoms with van der Waals surface area (Å²) in [5.74, 6) is -0.297. The molecule has 3 unspecified atom stereocenters. The average Bonchev–Trinajstić information content (AvgIpc) is 2.22. The zero-order chi connectivity index (χ0) is 12.8. The molecular weight excluding hydrogens is 220 g/mol. The van der Waals surface area contributed by atoms with Gasteiger partial charge < -0.3 is 15.2 Å². The Labute approximate surface area is 103 Å². The van der Waals surface area contributed by atoms with Gasteiger partial charge in [0.2, 0.25) is 5.91 Å². The summed E-state index contributed by atoms with van der Waals surface area (Å²) < 4.78 is 5.65. The van der Waals surface area contributed by atoms with Crippen molar-refractivity contribution in [2.75, 3.05) is 26.2 Å². The summed E-state index contributed by atoms with van der Waals surface area (Å²) in [6.07, 6.45) is 0.549. The van der Waals surface area contributed by atoms with Crippen LogP contribution in [-0.4, -0.2) is 60.4 Å². The van der Waals surface area contributed by atoms with Crippen LogP contribution < -0.4 is 5.32 Å². The molecule has 1 rings (SSSR count). The van der Waals surface area contributed by atoms with Crippen LogP contribution in [0.15, 0.2) is 0 Å². The van der Waals surface area contributed by atoms with E-state index in [4.69, 9.17) is 9.84 Å². The largest absolute Gasteiger partial charge is 0.384 e. The summed E-state index contributed by atoms with van der Waals surface area (Å²) in [6, 6.07) is 0. The molecule has 0 saturated carbocycles. The minimum atomic E-state index is -0.918. The zero-order valence-corrected chi connectivity index (χ0v) is 11.0. The van der Waals surface area contributed by atoms with E-state index in [9.17, 15) is 4.79 Å². The van der Waals surface area contributed by atoms with Crippen LogP contribution in [0.2, 0.25) is 0 Å². The number of carbonyl (C=O) groups excluding carboxylic acids is 1. The lowest BCUT2D eigenvalue weighted by Gasteiger charge is -2.35. The summed E-state index contributed by atoms with van der Waals surface area (Å²) in [6.45, 7) is 9.11. The first-order valence-electron chi connectivity index (χ1n) is 6.32. The van der Waals surface area contributed by atoms with E-state index >= 15 is 0 Å². The maximum absolute atomic E-state index is 11.1. The van der Waals surface area contributed by atoms with Gasteiger partial charge in [0.05, 0.1) is 12.2 Å². The van der Waals surface area contributed by atoms with E-state index in [1.54, 1.807) is 0 Å². The van der Waals surface area contributed by atoms with Crippen LogP contribution in [0.1, 0.15) is 27.2 Å². The molecule has 0 aromatic rings. The number of ether oxygens (including phenoxy) is 1. The van der Waals surface area contributed by atoms with Gasteiger partial charge in [0, 0.05) is 26.2 Å². The fourth-order valence-electron chi connectivity index (χ4n) is 2.13. The molecule has 1 heterocycles. The van der Waals surface area contributed by atoms with Gasteiger partial charge in [-0.25, -0.2) is 0 Å². The average molecular weight is 244 g/mol. The molecule has 1 fully saturated rings. The van der Waals surface area contributed by atoms with Gasteiger partial charge in [-0.2, -0.15) is 0 Å². The van der Waals surface area contributed by atoms with Gasteiger partial charge in [-0.3, -0.25) is 9.69 Å². The summed E-state index contributed by atoms with van der Waals surface area (Å²) in [4.78, 5) is 13.5. The minimum Gasteiger partial charge on any atom is -0.384 e. The number of nitrogens with zero attached hydrogens (tertiary/aromatic N) is 1. The van der Waals surface area contributed by atoms with Gasteiger partial charge in [-0.1, -0.05) is 0 Å².